The zero-order valence-corrected chi connectivity index (χ0v) is 27.2. The summed E-state index contributed by atoms with van der Waals surface area (Å²) in [4.78, 5) is 15.2. The Kier molecular flexibility index (Phi) is 7.49. The highest BCUT2D eigenvalue weighted by Crippen LogP contribution is 2.44. The molecular formula is C47H31N3. The number of benzene rings is 8. The minimum absolute atomic E-state index is 0.635. The molecule has 8 aromatic carbocycles. The van der Waals surface area contributed by atoms with Crippen LogP contribution in [0, 0.1) is 0 Å². The van der Waals surface area contributed by atoms with Gasteiger partial charge in [0.1, 0.15) is 0 Å². The Labute approximate surface area is 291 Å². The van der Waals surface area contributed by atoms with Gasteiger partial charge in [-0.25, -0.2) is 15.0 Å². The van der Waals surface area contributed by atoms with Crippen LogP contribution in [-0.2, 0) is 0 Å². The number of fused-ring (bicyclic) bond motifs is 2. The van der Waals surface area contributed by atoms with E-state index in [-0.39, 0.29) is 0 Å². The van der Waals surface area contributed by atoms with E-state index in [0.29, 0.717) is 17.5 Å². The molecule has 9 rings (SSSR count). The van der Waals surface area contributed by atoms with Crippen LogP contribution in [0.3, 0.4) is 0 Å². The van der Waals surface area contributed by atoms with E-state index in [1.54, 1.807) is 0 Å². The SMILES string of the molecule is c1ccc(-c2cccc(-c3nc(-c4ccccc4)nc(-c4cccc(-c5c6ccccc6c(-c6ccccc6)c6ccccc56)c4)n3)c2)cc1. The van der Waals surface area contributed by atoms with Gasteiger partial charge < -0.3 is 0 Å². The lowest BCUT2D eigenvalue weighted by atomic mass is 9.86. The van der Waals surface area contributed by atoms with E-state index in [4.69, 9.17) is 15.0 Å². The Bertz CT molecular complexity index is 2580. The van der Waals surface area contributed by atoms with Crippen LogP contribution in [0.2, 0.25) is 0 Å². The highest BCUT2D eigenvalue weighted by Gasteiger charge is 2.18. The number of rotatable bonds is 6. The van der Waals surface area contributed by atoms with Crippen molar-refractivity contribution in [1.82, 2.24) is 15.0 Å². The van der Waals surface area contributed by atoms with Crippen LogP contribution in [0.4, 0.5) is 0 Å². The molecule has 50 heavy (non-hydrogen) atoms. The zero-order chi connectivity index (χ0) is 33.3. The summed E-state index contributed by atoms with van der Waals surface area (Å²) in [5.41, 5.74) is 9.87. The van der Waals surface area contributed by atoms with Crippen LogP contribution < -0.4 is 0 Å². The highest BCUT2D eigenvalue weighted by molar-refractivity contribution is 6.21. The maximum atomic E-state index is 5.13. The van der Waals surface area contributed by atoms with Crippen LogP contribution >= 0.6 is 0 Å². The largest absolute Gasteiger partial charge is 0.208 e. The molecule has 0 fully saturated rings. The average molecular weight is 638 g/mol. The van der Waals surface area contributed by atoms with Crippen molar-refractivity contribution in [1.29, 1.82) is 0 Å². The van der Waals surface area contributed by atoms with Gasteiger partial charge in [-0.15, -0.1) is 0 Å². The highest BCUT2D eigenvalue weighted by atomic mass is 15.0. The van der Waals surface area contributed by atoms with E-state index >= 15 is 0 Å². The quantitative estimate of drug-likeness (QED) is 0.170. The summed E-state index contributed by atoms with van der Waals surface area (Å²) in [5, 5.41) is 4.87. The summed E-state index contributed by atoms with van der Waals surface area (Å²) in [7, 11) is 0. The minimum atomic E-state index is 0.635. The molecule has 0 aliphatic heterocycles. The molecule has 234 valence electrons. The van der Waals surface area contributed by atoms with Crippen LogP contribution in [0.25, 0.3) is 89.1 Å². The van der Waals surface area contributed by atoms with Gasteiger partial charge in [-0.2, -0.15) is 0 Å². The molecule has 0 aliphatic rings. The standard InChI is InChI=1S/C47H31N3/c1-4-16-32(17-5-1)35-22-14-24-37(30-35)46-48-45(34-20-8-3-9-21-34)49-47(50-46)38-25-15-23-36(31-38)44-41-28-12-10-26-39(41)43(33-18-6-2-7-19-33)40-27-11-13-29-42(40)44/h1-31H. The monoisotopic (exact) mass is 637 g/mol. The molecular weight excluding hydrogens is 607 g/mol. The van der Waals surface area contributed by atoms with Crippen LogP contribution in [0.1, 0.15) is 0 Å². The van der Waals surface area contributed by atoms with E-state index in [1.165, 1.54) is 38.2 Å². The molecule has 0 radical (unpaired) electrons. The molecule has 0 spiro atoms. The molecule has 0 unspecified atom stereocenters. The summed E-state index contributed by atoms with van der Waals surface area (Å²) >= 11 is 0. The van der Waals surface area contributed by atoms with E-state index in [2.05, 4.69) is 152 Å². The van der Waals surface area contributed by atoms with Crippen molar-refractivity contribution in [3.63, 3.8) is 0 Å². The number of aromatic nitrogens is 3. The van der Waals surface area contributed by atoms with Gasteiger partial charge in [0, 0.05) is 16.7 Å². The maximum Gasteiger partial charge on any atom is 0.164 e. The second-order valence-corrected chi connectivity index (χ2v) is 12.4. The molecule has 0 saturated carbocycles. The third-order valence-corrected chi connectivity index (χ3v) is 9.30. The fourth-order valence-corrected chi connectivity index (χ4v) is 6.99. The van der Waals surface area contributed by atoms with Crippen LogP contribution in [0.15, 0.2) is 188 Å². The lowest BCUT2D eigenvalue weighted by Gasteiger charge is -2.18. The second kappa shape index (κ2) is 12.7. The van der Waals surface area contributed by atoms with E-state index in [0.717, 1.165) is 33.4 Å². The predicted molar refractivity (Wildman–Crippen MR) is 207 cm³/mol. The number of nitrogens with zero attached hydrogens (tertiary/aromatic N) is 3. The lowest BCUT2D eigenvalue weighted by Crippen LogP contribution is -2.00. The van der Waals surface area contributed by atoms with Crippen molar-refractivity contribution >= 4 is 21.5 Å². The van der Waals surface area contributed by atoms with Crippen molar-refractivity contribution in [3.8, 4) is 67.5 Å². The van der Waals surface area contributed by atoms with E-state index in [1.807, 2.05) is 36.4 Å². The third kappa shape index (κ3) is 5.41. The first-order valence-electron chi connectivity index (χ1n) is 16.9. The molecule has 3 nitrogen and oxygen atoms in total. The molecule has 0 amide bonds. The van der Waals surface area contributed by atoms with Crippen molar-refractivity contribution in [2.75, 3.05) is 0 Å². The number of hydrogen-bond acceptors (Lipinski definition) is 3. The smallest absolute Gasteiger partial charge is 0.164 e. The first-order chi connectivity index (χ1) is 24.8. The summed E-state index contributed by atoms with van der Waals surface area (Å²) in [6.45, 7) is 0. The van der Waals surface area contributed by atoms with E-state index < -0.39 is 0 Å². The van der Waals surface area contributed by atoms with Crippen molar-refractivity contribution in [3.05, 3.63) is 188 Å². The van der Waals surface area contributed by atoms with Gasteiger partial charge in [0.15, 0.2) is 17.5 Å². The molecule has 0 atom stereocenters. The van der Waals surface area contributed by atoms with Crippen molar-refractivity contribution in [2.24, 2.45) is 0 Å². The summed E-state index contributed by atoms with van der Waals surface area (Å²) < 4.78 is 0. The number of hydrogen-bond donors (Lipinski definition) is 0. The Morgan fingerprint density at radius 3 is 1.04 bits per heavy atom. The second-order valence-electron chi connectivity index (χ2n) is 12.4. The Morgan fingerprint density at radius 2 is 0.540 bits per heavy atom. The maximum absolute atomic E-state index is 5.13. The molecule has 0 saturated heterocycles. The van der Waals surface area contributed by atoms with Gasteiger partial charge in [0.05, 0.1) is 0 Å². The fraction of sp³-hybridized carbons (Fsp3) is 0. The molecule has 3 heteroatoms. The molecule has 0 bridgehead atoms. The summed E-state index contributed by atoms with van der Waals surface area (Å²) in [6.07, 6.45) is 0. The van der Waals surface area contributed by atoms with Gasteiger partial charge in [0.2, 0.25) is 0 Å². The van der Waals surface area contributed by atoms with Gasteiger partial charge in [-0.1, -0.05) is 176 Å². The predicted octanol–water partition coefficient (Wildman–Crippen LogP) is 12.2. The van der Waals surface area contributed by atoms with Crippen LogP contribution in [-0.4, -0.2) is 15.0 Å². The van der Waals surface area contributed by atoms with Gasteiger partial charge in [-0.3, -0.25) is 0 Å². The van der Waals surface area contributed by atoms with Crippen molar-refractivity contribution in [2.45, 2.75) is 0 Å². The Morgan fingerprint density at radius 1 is 0.220 bits per heavy atom. The first-order valence-corrected chi connectivity index (χ1v) is 16.9. The Hall–Kier alpha value is -6.71. The molecule has 0 N–H and O–H groups in total. The topological polar surface area (TPSA) is 38.7 Å². The fourth-order valence-electron chi connectivity index (χ4n) is 6.99. The molecule has 0 aliphatic carbocycles. The third-order valence-electron chi connectivity index (χ3n) is 9.30. The van der Waals surface area contributed by atoms with Gasteiger partial charge in [-0.05, 0) is 67.1 Å². The summed E-state index contributed by atoms with van der Waals surface area (Å²) in [5.74, 6) is 1.92. The molecule has 9 aromatic rings. The molecule has 1 heterocycles. The summed E-state index contributed by atoms with van der Waals surface area (Å²) in [6, 6.07) is 65.8. The van der Waals surface area contributed by atoms with Crippen molar-refractivity contribution < 1.29 is 0 Å². The lowest BCUT2D eigenvalue weighted by molar-refractivity contribution is 1.07. The van der Waals surface area contributed by atoms with E-state index in [9.17, 15) is 0 Å². The van der Waals surface area contributed by atoms with Gasteiger partial charge >= 0.3 is 0 Å². The minimum Gasteiger partial charge on any atom is -0.208 e. The first kappa shape index (κ1) is 29.4. The zero-order valence-electron chi connectivity index (χ0n) is 27.2. The average Bonchev–Trinajstić information content (AvgIpc) is 3.21. The normalized spacial score (nSPS) is 11.2. The molecule has 1 aromatic heterocycles. The Balaban J connectivity index is 1.24. The van der Waals surface area contributed by atoms with Gasteiger partial charge in [0.25, 0.3) is 0 Å². The van der Waals surface area contributed by atoms with Crippen LogP contribution in [0.5, 0.6) is 0 Å².